The first-order valence-corrected chi connectivity index (χ1v) is 18.4. The normalized spacial score (nSPS) is 18.8. The van der Waals surface area contributed by atoms with Crippen molar-refractivity contribution in [2.24, 2.45) is 11.8 Å². The average molecular weight is 646 g/mol. The Labute approximate surface area is 274 Å². The molecule has 3 aromatic carbocycles. The van der Waals surface area contributed by atoms with Gasteiger partial charge in [0, 0.05) is 11.6 Å². The highest BCUT2D eigenvalue weighted by Gasteiger charge is 2.24. The van der Waals surface area contributed by atoms with Crippen molar-refractivity contribution in [1.82, 2.24) is 4.90 Å². The highest BCUT2D eigenvalue weighted by atomic mass is 32.2. The van der Waals surface area contributed by atoms with Crippen LogP contribution in [0.5, 0.6) is 11.5 Å². The van der Waals surface area contributed by atoms with Gasteiger partial charge in [-0.15, -0.1) is 0 Å². The molecule has 1 saturated carbocycles. The van der Waals surface area contributed by atoms with E-state index in [-0.39, 0.29) is 28.9 Å². The fourth-order valence-corrected chi connectivity index (χ4v) is 8.16. The molecule has 0 radical (unpaired) electrons. The van der Waals surface area contributed by atoms with Crippen molar-refractivity contribution in [1.29, 1.82) is 0 Å². The number of nitrogens with zero attached hydrogens (tertiary/aromatic N) is 1. The third-order valence-electron chi connectivity index (χ3n) is 9.75. The summed E-state index contributed by atoms with van der Waals surface area (Å²) in [5.41, 5.74) is 1.62. The first-order valence-electron chi connectivity index (χ1n) is 16.9. The van der Waals surface area contributed by atoms with Crippen LogP contribution in [0.2, 0.25) is 0 Å². The number of ether oxygens (including phenoxy) is 2. The minimum Gasteiger partial charge on any atom is -0.493 e. The number of aldehydes is 1. The SMILES string of the molecule is C[C@@H](c1ccc(S(=O)(=O)c2cccc(OCCC(=O)Oc3ccc(C=O)cc3)c2)cc1)N1CCCC(CCC2CCCCC2)CC1. The van der Waals surface area contributed by atoms with Crippen LogP contribution in [0.4, 0.5) is 0 Å². The van der Waals surface area contributed by atoms with Gasteiger partial charge in [-0.3, -0.25) is 14.5 Å². The van der Waals surface area contributed by atoms with Crippen LogP contribution in [0.25, 0.3) is 0 Å². The molecule has 0 aromatic heterocycles. The number of carbonyl (C=O) groups excluding carboxylic acids is 2. The van der Waals surface area contributed by atoms with E-state index >= 15 is 0 Å². The van der Waals surface area contributed by atoms with Gasteiger partial charge in [-0.25, -0.2) is 8.42 Å². The Morgan fingerprint density at radius 3 is 2.24 bits per heavy atom. The molecule has 3 aromatic rings. The predicted octanol–water partition coefficient (Wildman–Crippen LogP) is 8.23. The molecule has 0 bridgehead atoms. The van der Waals surface area contributed by atoms with Crippen LogP contribution in [0.1, 0.15) is 99.5 Å². The Morgan fingerprint density at radius 1 is 0.826 bits per heavy atom. The maximum Gasteiger partial charge on any atom is 0.314 e. The van der Waals surface area contributed by atoms with Gasteiger partial charge < -0.3 is 9.47 Å². The van der Waals surface area contributed by atoms with Gasteiger partial charge in [-0.05, 0) is 111 Å². The number of hydrogen-bond donors (Lipinski definition) is 0. The molecule has 2 fully saturated rings. The third-order valence-corrected chi connectivity index (χ3v) is 11.5. The molecule has 0 spiro atoms. The monoisotopic (exact) mass is 645 g/mol. The number of hydrogen-bond acceptors (Lipinski definition) is 7. The van der Waals surface area contributed by atoms with E-state index in [2.05, 4.69) is 11.8 Å². The number of esters is 1. The lowest BCUT2D eigenvalue weighted by Gasteiger charge is -2.28. The molecule has 1 unspecified atom stereocenters. The number of benzene rings is 3. The Bertz CT molecular complexity index is 1530. The van der Waals surface area contributed by atoms with Gasteiger partial charge in [0.2, 0.25) is 9.84 Å². The second-order valence-corrected chi connectivity index (χ2v) is 14.8. The lowest BCUT2D eigenvalue weighted by Crippen LogP contribution is -2.28. The maximum atomic E-state index is 13.5. The minimum absolute atomic E-state index is 0.0236. The number of rotatable bonds is 13. The van der Waals surface area contributed by atoms with E-state index < -0.39 is 15.8 Å². The first-order chi connectivity index (χ1) is 22.3. The molecule has 5 rings (SSSR count). The van der Waals surface area contributed by atoms with Gasteiger partial charge in [0.05, 0.1) is 22.8 Å². The van der Waals surface area contributed by atoms with E-state index in [4.69, 9.17) is 9.47 Å². The van der Waals surface area contributed by atoms with Crippen molar-refractivity contribution in [3.8, 4) is 11.5 Å². The first kappa shape index (κ1) is 33.9. The van der Waals surface area contributed by atoms with Crippen LogP contribution in [-0.4, -0.2) is 45.3 Å². The van der Waals surface area contributed by atoms with Crippen LogP contribution in [0, 0.1) is 11.8 Å². The fourth-order valence-electron chi connectivity index (χ4n) is 6.86. The predicted molar refractivity (Wildman–Crippen MR) is 179 cm³/mol. The summed E-state index contributed by atoms with van der Waals surface area (Å²) < 4.78 is 37.9. The van der Waals surface area contributed by atoms with Crippen LogP contribution < -0.4 is 9.47 Å². The lowest BCUT2D eigenvalue weighted by atomic mass is 9.83. The zero-order valence-corrected chi connectivity index (χ0v) is 27.8. The van der Waals surface area contributed by atoms with Crippen molar-refractivity contribution in [2.75, 3.05) is 19.7 Å². The van der Waals surface area contributed by atoms with Gasteiger partial charge in [-0.1, -0.05) is 63.1 Å². The molecule has 1 aliphatic heterocycles. The molecule has 2 atom stereocenters. The van der Waals surface area contributed by atoms with E-state index in [0.29, 0.717) is 23.3 Å². The minimum atomic E-state index is -3.76. The number of sulfone groups is 1. The third kappa shape index (κ3) is 9.29. The van der Waals surface area contributed by atoms with Crippen molar-refractivity contribution in [2.45, 2.75) is 93.4 Å². The van der Waals surface area contributed by atoms with E-state index in [1.807, 2.05) is 12.1 Å². The van der Waals surface area contributed by atoms with Crippen molar-refractivity contribution in [3.63, 3.8) is 0 Å². The number of likely N-dealkylation sites (tertiary alicyclic amines) is 1. The van der Waals surface area contributed by atoms with Crippen LogP contribution in [0.15, 0.2) is 82.6 Å². The second kappa shape index (κ2) is 16.4. The summed E-state index contributed by atoms with van der Waals surface area (Å²) >= 11 is 0. The standard InChI is InChI=1S/C38H47NO6S/c1-29(39-24-6-9-31(22-25-39)13-12-30-7-3-2-4-8-30)33-16-20-36(21-17-33)46(42,43)37-11-5-10-35(27-37)44-26-23-38(41)45-34-18-14-32(28-40)15-19-34/h5,10-11,14-21,27-31H,2-4,6-9,12-13,22-26H2,1H3/t29-,31?/m0/s1. The molecule has 1 aliphatic carbocycles. The summed E-state index contributed by atoms with van der Waals surface area (Å²) in [6, 6.07) is 20.1. The summed E-state index contributed by atoms with van der Waals surface area (Å²) in [6.45, 7) is 4.43. The molecule has 8 heteroatoms. The molecule has 246 valence electrons. The molecular weight excluding hydrogens is 598 g/mol. The van der Waals surface area contributed by atoms with E-state index in [0.717, 1.165) is 30.5 Å². The van der Waals surface area contributed by atoms with Crippen molar-refractivity contribution >= 4 is 22.1 Å². The molecule has 1 heterocycles. The molecule has 7 nitrogen and oxygen atoms in total. The maximum absolute atomic E-state index is 13.5. The molecule has 2 aliphatic rings. The molecular formula is C38H47NO6S. The Morgan fingerprint density at radius 2 is 1.52 bits per heavy atom. The van der Waals surface area contributed by atoms with E-state index in [9.17, 15) is 18.0 Å². The van der Waals surface area contributed by atoms with Gasteiger partial charge in [0.15, 0.2) is 0 Å². The Kier molecular flexibility index (Phi) is 12.0. The van der Waals surface area contributed by atoms with Crippen LogP contribution in [0.3, 0.4) is 0 Å². The molecule has 0 N–H and O–H groups in total. The fraction of sp³-hybridized carbons (Fsp3) is 0.474. The van der Waals surface area contributed by atoms with Gasteiger partial charge >= 0.3 is 5.97 Å². The number of carbonyl (C=O) groups is 2. The summed E-state index contributed by atoms with van der Waals surface area (Å²) in [6.07, 6.45) is 14.4. The quantitative estimate of drug-likeness (QED) is 0.105. The Hall–Kier alpha value is -3.49. The summed E-state index contributed by atoms with van der Waals surface area (Å²) in [7, 11) is -3.76. The van der Waals surface area contributed by atoms with E-state index in [1.54, 1.807) is 54.6 Å². The van der Waals surface area contributed by atoms with Crippen LogP contribution in [-0.2, 0) is 14.6 Å². The van der Waals surface area contributed by atoms with Crippen molar-refractivity contribution in [3.05, 3.63) is 83.9 Å². The second-order valence-electron chi connectivity index (χ2n) is 12.9. The van der Waals surface area contributed by atoms with Crippen molar-refractivity contribution < 1.29 is 27.5 Å². The highest BCUT2D eigenvalue weighted by Crippen LogP contribution is 2.33. The topological polar surface area (TPSA) is 90.0 Å². The molecule has 0 amide bonds. The lowest BCUT2D eigenvalue weighted by molar-refractivity contribution is -0.134. The molecule has 46 heavy (non-hydrogen) atoms. The van der Waals surface area contributed by atoms with Gasteiger partial charge in [-0.2, -0.15) is 0 Å². The largest absolute Gasteiger partial charge is 0.493 e. The summed E-state index contributed by atoms with van der Waals surface area (Å²) in [5, 5.41) is 0. The Balaban J connectivity index is 1.12. The van der Waals surface area contributed by atoms with E-state index in [1.165, 1.54) is 70.3 Å². The van der Waals surface area contributed by atoms with Gasteiger partial charge in [0.25, 0.3) is 0 Å². The molecule has 1 saturated heterocycles. The smallest absolute Gasteiger partial charge is 0.314 e. The zero-order valence-electron chi connectivity index (χ0n) is 26.9. The zero-order chi connectivity index (χ0) is 32.4. The van der Waals surface area contributed by atoms with Crippen LogP contribution >= 0.6 is 0 Å². The summed E-state index contributed by atoms with van der Waals surface area (Å²) in [4.78, 5) is 25.9. The summed E-state index contributed by atoms with van der Waals surface area (Å²) in [5.74, 6) is 1.98. The highest BCUT2D eigenvalue weighted by molar-refractivity contribution is 7.91. The van der Waals surface area contributed by atoms with Gasteiger partial charge in [0.1, 0.15) is 17.8 Å². The average Bonchev–Trinajstić information content (AvgIpc) is 3.34.